The number of carboxylic acid groups (broad SMARTS) is 1. The van der Waals surface area contributed by atoms with Gasteiger partial charge in [0.2, 0.25) is 0 Å². The average Bonchev–Trinajstić information content (AvgIpc) is 2.82. The second-order valence-electron chi connectivity index (χ2n) is 4.03. The van der Waals surface area contributed by atoms with Gasteiger partial charge in [0.15, 0.2) is 0 Å². The third-order valence-corrected chi connectivity index (χ3v) is 3.82. The van der Waals surface area contributed by atoms with Crippen LogP contribution in [0.5, 0.6) is 0 Å². The van der Waals surface area contributed by atoms with Crippen LogP contribution in [0.1, 0.15) is 27.9 Å². The molecule has 0 saturated heterocycles. The van der Waals surface area contributed by atoms with Crippen LogP contribution in [0, 0.1) is 0 Å². The molecule has 0 radical (unpaired) electrons. The minimum atomic E-state index is -4.39. The molecule has 2 aromatic rings. The highest BCUT2D eigenvalue weighted by Gasteiger charge is 2.30. The minimum absolute atomic E-state index is 0.127. The molecule has 0 amide bonds. The molecule has 0 spiro atoms. The summed E-state index contributed by atoms with van der Waals surface area (Å²) in [6.07, 6.45) is -3.93. The summed E-state index contributed by atoms with van der Waals surface area (Å²) in [6, 6.07) is 4.52. The van der Waals surface area contributed by atoms with Crippen LogP contribution in [0.2, 0.25) is 0 Å². The van der Waals surface area contributed by atoms with Crippen molar-refractivity contribution in [1.82, 2.24) is 4.98 Å². The van der Waals surface area contributed by atoms with Gasteiger partial charge in [0.05, 0.1) is 11.3 Å². The molecule has 0 bridgehead atoms. The first kappa shape index (κ1) is 14.5. The van der Waals surface area contributed by atoms with Crippen LogP contribution in [0.4, 0.5) is 13.2 Å². The van der Waals surface area contributed by atoms with Gasteiger partial charge >= 0.3 is 12.1 Å². The molecule has 0 atom stereocenters. The van der Waals surface area contributed by atoms with Crippen molar-refractivity contribution in [2.45, 2.75) is 19.5 Å². The number of carbonyl (C=O) groups is 1. The van der Waals surface area contributed by atoms with Gasteiger partial charge in [0, 0.05) is 5.56 Å². The van der Waals surface area contributed by atoms with E-state index in [0.29, 0.717) is 22.7 Å². The van der Waals surface area contributed by atoms with E-state index in [1.165, 1.54) is 12.1 Å². The van der Waals surface area contributed by atoms with Crippen LogP contribution in [0.3, 0.4) is 0 Å². The fourth-order valence-corrected chi connectivity index (χ4v) is 2.68. The first-order valence-corrected chi connectivity index (χ1v) is 6.55. The number of aryl methyl sites for hydroxylation is 1. The molecule has 3 nitrogen and oxygen atoms in total. The number of aromatic carboxylic acids is 1. The van der Waals surface area contributed by atoms with Crippen molar-refractivity contribution < 1.29 is 23.1 Å². The molecule has 0 fully saturated rings. The maximum Gasteiger partial charge on any atom is 0.416 e. The van der Waals surface area contributed by atoms with E-state index in [4.69, 9.17) is 5.11 Å². The summed E-state index contributed by atoms with van der Waals surface area (Å²) < 4.78 is 37.4. The number of nitrogens with zero attached hydrogens (tertiary/aromatic N) is 1. The summed E-state index contributed by atoms with van der Waals surface area (Å²) in [5.74, 6) is -1.07. The molecule has 1 aromatic carbocycles. The molecule has 106 valence electrons. The first-order chi connectivity index (χ1) is 9.32. The van der Waals surface area contributed by atoms with Gasteiger partial charge in [-0.3, -0.25) is 0 Å². The highest BCUT2D eigenvalue weighted by Crippen LogP contribution is 2.33. The van der Waals surface area contributed by atoms with E-state index < -0.39 is 17.7 Å². The number of rotatable bonds is 3. The van der Waals surface area contributed by atoms with Gasteiger partial charge in [0.25, 0.3) is 0 Å². The number of hydrogen-bond donors (Lipinski definition) is 1. The van der Waals surface area contributed by atoms with Crippen molar-refractivity contribution in [3.8, 4) is 10.6 Å². The van der Waals surface area contributed by atoms with Crippen molar-refractivity contribution in [2.75, 3.05) is 0 Å². The maximum absolute atomic E-state index is 12.5. The van der Waals surface area contributed by atoms with Crippen molar-refractivity contribution >= 4 is 17.3 Å². The monoisotopic (exact) mass is 301 g/mol. The van der Waals surface area contributed by atoms with Crippen LogP contribution in [0.25, 0.3) is 10.6 Å². The van der Waals surface area contributed by atoms with E-state index in [0.717, 1.165) is 23.5 Å². The van der Waals surface area contributed by atoms with Gasteiger partial charge in [-0.15, -0.1) is 11.3 Å². The van der Waals surface area contributed by atoms with Crippen molar-refractivity contribution in [1.29, 1.82) is 0 Å². The number of hydrogen-bond acceptors (Lipinski definition) is 3. The minimum Gasteiger partial charge on any atom is -0.477 e. The highest BCUT2D eigenvalue weighted by atomic mass is 32.1. The molecule has 2 rings (SSSR count). The van der Waals surface area contributed by atoms with E-state index in [2.05, 4.69) is 4.98 Å². The van der Waals surface area contributed by atoms with Crippen LogP contribution < -0.4 is 0 Å². The van der Waals surface area contributed by atoms with Crippen molar-refractivity contribution in [2.24, 2.45) is 0 Å². The Balaban J connectivity index is 2.39. The first-order valence-electron chi connectivity index (χ1n) is 5.73. The van der Waals surface area contributed by atoms with Gasteiger partial charge in [-0.25, -0.2) is 9.78 Å². The van der Waals surface area contributed by atoms with Crippen molar-refractivity contribution in [3.63, 3.8) is 0 Å². The van der Waals surface area contributed by atoms with Crippen LogP contribution in [-0.4, -0.2) is 16.1 Å². The van der Waals surface area contributed by atoms with E-state index >= 15 is 0 Å². The lowest BCUT2D eigenvalue weighted by Crippen LogP contribution is -2.03. The average molecular weight is 301 g/mol. The Labute approximate surface area is 116 Å². The molecule has 1 aromatic heterocycles. The zero-order valence-corrected chi connectivity index (χ0v) is 11.2. The Morgan fingerprint density at radius 3 is 2.30 bits per heavy atom. The van der Waals surface area contributed by atoms with Gasteiger partial charge < -0.3 is 5.11 Å². The smallest absolute Gasteiger partial charge is 0.416 e. The largest absolute Gasteiger partial charge is 0.477 e. The quantitative estimate of drug-likeness (QED) is 0.929. The second-order valence-corrected chi connectivity index (χ2v) is 5.03. The van der Waals surface area contributed by atoms with Gasteiger partial charge in [0.1, 0.15) is 9.88 Å². The summed E-state index contributed by atoms with van der Waals surface area (Å²) in [4.78, 5) is 15.3. The molecule has 1 heterocycles. The number of halogens is 3. The zero-order valence-electron chi connectivity index (χ0n) is 10.4. The molecule has 0 unspecified atom stereocenters. The summed E-state index contributed by atoms with van der Waals surface area (Å²) in [5.41, 5.74) is 0.176. The summed E-state index contributed by atoms with van der Waals surface area (Å²) in [7, 11) is 0. The van der Waals surface area contributed by atoms with Gasteiger partial charge in [-0.05, 0) is 18.6 Å². The number of aromatic nitrogens is 1. The number of thiazole rings is 1. The van der Waals surface area contributed by atoms with Crippen LogP contribution in [-0.2, 0) is 12.6 Å². The molecule has 1 N–H and O–H groups in total. The summed E-state index contributed by atoms with van der Waals surface area (Å²) in [6.45, 7) is 1.78. The molecule has 0 aliphatic heterocycles. The van der Waals surface area contributed by atoms with E-state index in [9.17, 15) is 18.0 Å². The molecular formula is C13H10F3NO2S. The molecule has 0 aliphatic rings. The molecule has 0 aliphatic carbocycles. The lowest BCUT2D eigenvalue weighted by molar-refractivity contribution is -0.137. The predicted octanol–water partition coefficient (Wildman–Crippen LogP) is 4.09. The second kappa shape index (κ2) is 5.24. The summed E-state index contributed by atoms with van der Waals surface area (Å²) >= 11 is 0.967. The van der Waals surface area contributed by atoms with E-state index in [-0.39, 0.29) is 4.88 Å². The third-order valence-electron chi connectivity index (χ3n) is 2.69. The number of benzene rings is 1. The Hall–Kier alpha value is -1.89. The maximum atomic E-state index is 12.5. The predicted molar refractivity (Wildman–Crippen MR) is 68.9 cm³/mol. The fraction of sp³-hybridized carbons (Fsp3) is 0.231. The fourth-order valence-electron chi connectivity index (χ4n) is 1.68. The Kier molecular flexibility index (Phi) is 3.80. The normalized spacial score (nSPS) is 11.6. The molecule has 0 saturated carbocycles. The van der Waals surface area contributed by atoms with Gasteiger partial charge in [-0.1, -0.05) is 19.1 Å². The van der Waals surface area contributed by atoms with Gasteiger partial charge in [-0.2, -0.15) is 13.2 Å². The topological polar surface area (TPSA) is 50.2 Å². The SMILES string of the molecule is CCc1nc(-c2ccc(C(F)(F)F)cc2)sc1C(=O)O. The van der Waals surface area contributed by atoms with Crippen LogP contribution in [0.15, 0.2) is 24.3 Å². The standard InChI is InChI=1S/C13H10F3NO2S/c1-2-9-10(12(18)19)20-11(17-9)7-3-5-8(6-4-7)13(14,15)16/h3-6H,2H2,1H3,(H,18,19). The Morgan fingerprint density at radius 1 is 1.30 bits per heavy atom. The number of alkyl halides is 3. The zero-order chi connectivity index (χ0) is 14.9. The lowest BCUT2D eigenvalue weighted by atomic mass is 10.1. The Bertz CT molecular complexity index is 632. The highest BCUT2D eigenvalue weighted by molar-refractivity contribution is 7.17. The molecular weight excluding hydrogens is 291 g/mol. The van der Waals surface area contributed by atoms with E-state index in [1.807, 2.05) is 0 Å². The van der Waals surface area contributed by atoms with Crippen molar-refractivity contribution in [3.05, 3.63) is 40.4 Å². The van der Waals surface area contributed by atoms with E-state index in [1.54, 1.807) is 6.92 Å². The molecule has 20 heavy (non-hydrogen) atoms. The number of carboxylic acids is 1. The Morgan fingerprint density at radius 2 is 1.90 bits per heavy atom. The lowest BCUT2D eigenvalue weighted by Gasteiger charge is -2.06. The summed E-state index contributed by atoms with van der Waals surface area (Å²) in [5, 5.41) is 9.44. The molecule has 7 heteroatoms. The van der Waals surface area contributed by atoms with Crippen LogP contribution >= 0.6 is 11.3 Å². The third kappa shape index (κ3) is 2.82.